The second-order valence-electron chi connectivity index (χ2n) is 4.75. The first-order valence-corrected chi connectivity index (χ1v) is 6.63. The van der Waals surface area contributed by atoms with Crippen molar-refractivity contribution in [1.29, 1.82) is 0 Å². The van der Waals surface area contributed by atoms with E-state index in [0.29, 0.717) is 6.04 Å². The third kappa shape index (κ3) is 3.62. The van der Waals surface area contributed by atoms with E-state index in [0.717, 1.165) is 16.3 Å². The van der Waals surface area contributed by atoms with E-state index in [9.17, 15) is 0 Å². The van der Waals surface area contributed by atoms with Crippen molar-refractivity contribution in [3.8, 4) is 0 Å². The van der Waals surface area contributed by atoms with Gasteiger partial charge in [-0.05, 0) is 38.0 Å². The summed E-state index contributed by atoms with van der Waals surface area (Å²) in [5.41, 5.74) is 8.00. The second-order valence-corrected chi connectivity index (χ2v) is 5.16. The van der Waals surface area contributed by atoms with Gasteiger partial charge in [-0.1, -0.05) is 31.0 Å². The highest BCUT2D eigenvalue weighted by molar-refractivity contribution is 6.33. The van der Waals surface area contributed by atoms with Crippen LogP contribution in [0.1, 0.15) is 45.2 Å². The van der Waals surface area contributed by atoms with Crippen molar-refractivity contribution in [3.05, 3.63) is 28.8 Å². The zero-order valence-electron chi connectivity index (χ0n) is 11.2. The largest absolute Gasteiger partial charge is 0.371 e. The van der Waals surface area contributed by atoms with Crippen LogP contribution in [-0.4, -0.2) is 13.1 Å². The smallest absolute Gasteiger partial charge is 0.0642 e. The molecule has 17 heavy (non-hydrogen) atoms. The van der Waals surface area contributed by atoms with Crippen LogP contribution in [-0.2, 0) is 0 Å². The minimum atomic E-state index is 0.0277. The lowest BCUT2D eigenvalue weighted by molar-refractivity contribution is 0.616. The maximum absolute atomic E-state index is 6.32. The van der Waals surface area contributed by atoms with Crippen molar-refractivity contribution >= 4 is 17.3 Å². The van der Waals surface area contributed by atoms with Crippen LogP contribution in [0.2, 0.25) is 5.02 Å². The zero-order chi connectivity index (χ0) is 13.0. The van der Waals surface area contributed by atoms with Crippen molar-refractivity contribution in [3.63, 3.8) is 0 Å². The van der Waals surface area contributed by atoms with Crippen LogP contribution in [0.5, 0.6) is 0 Å². The summed E-state index contributed by atoms with van der Waals surface area (Å²) in [5, 5.41) is 0.783. The molecule has 3 heteroatoms. The van der Waals surface area contributed by atoms with Crippen molar-refractivity contribution < 1.29 is 0 Å². The molecule has 1 unspecified atom stereocenters. The fourth-order valence-electron chi connectivity index (χ4n) is 1.94. The van der Waals surface area contributed by atoms with Crippen LogP contribution >= 0.6 is 11.6 Å². The summed E-state index contributed by atoms with van der Waals surface area (Å²) in [6, 6.07) is 6.61. The first kappa shape index (κ1) is 14.3. The monoisotopic (exact) mass is 254 g/mol. The van der Waals surface area contributed by atoms with Gasteiger partial charge in [0.25, 0.3) is 0 Å². The fourth-order valence-corrected chi connectivity index (χ4v) is 2.26. The molecule has 0 fully saturated rings. The first-order chi connectivity index (χ1) is 7.97. The summed E-state index contributed by atoms with van der Waals surface area (Å²) in [7, 11) is 2.09. The molecule has 0 bridgehead atoms. The average Bonchev–Trinajstić information content (AvgIpc) is 2.28. The molecule has 0 aliphatic rings. The average molecular weight is 255 g/mol. The summed E-state index contributed by atoms with van der Waals surface area (Å²) in [6.45, 7) is 6.39. The van der Waals surface area contributed by atoms with Crippen molar-refractivity contribution in [2.75, 3.05) is 11.9 Å². The Bertz CT molecular complexity index is 363. The summed E-state index contributed by atoms with van der Waals surface area (Å²) in [4.78, 5) is 2.23. The topological polar surface area (TPSA) is 29.3 Å². The third-order valence-electron chi connectivity index (χ3n) is 3.25. The fraction of sp³-hybridized carbons (Fsp3) is 0.571. The molecule has 0 amide bonds. The van der Waals surface area contributed by atoms with Crippen LogP contribution < -0.4 is 10.6 Å². The lowest BCUT2D eigenvalue weighted by Gasteiger charge is -2.28. The van der Waals surface area contributed by atoms with Crippen LogP contribution in [0, 0.1) is 0 Å². The Hall–Kier alpha value is -0.730. The standard InChI is InChI=1S/C14H23ClN2/c1-5-6-10(2)17(4)14-8-7-12(11(3)16)9-13(14)15/h7-11H,5-6,16H2,1-4H3/t10?,11-/m1/s1. The molecule has 2 atom stereocenters. The molecule has 0 aliphatic heterocycles. The number of nitrogens with zero attached hydrogens (tertiary/aromatic N) is 1. The van der Waals surface area contributed by atoms with E-state index < -0.39 is 0 Å². The maximum atomic E-state index is 6.32. The number of nitrogens with two attached hydrogens (primary N) is 1. The molecule has 1 aromatic carbocycles. The van der Waals surface area contributed by atoms with Gasteiger partial charge >= 0.3 is 0 Å². The quantitative estimate of drug-likeness (QED) is 0.861. The summed E-state index contributed by atoms with van der Waals surface area (Å²) >= 11 is 6.32. The number of hydrogen-bond donors (Lipinski definition) is 1. The van der Waals surface area contributed by atoms with Gasteiger partial charge in [0.1, 0.15) is 0 Å². The van der Waals surface area contributed by atoms with Gasteiger partial charge < -0.3 is 10.6 Å². The second kappa shape index (κ2) is 6.27. The minimum absolute atomic E-state index is 0.0277. The Kier molecular flexibility index (Phi) is 5.29. The van der Waals surface area contributed by atoms with Crippen LogP contribution in [0.15, 0.2) is 18.2 Å². The molecule has 0 heterocycles. The summed E-state index contributed by atoms with van der Waals surface area (Å²) < 4.78 is 0. The number of rotatable bonds is 5. The zero-order valence-corrected chi connectivity index (χ0v) is 12.0. The maximum Gasteiger partial charge on any atom is 0.0642 e. The van der Waals surface area contributed by atoms with Crippen LogP contribution in [0.4, 0.5) is 5.69 Å². The molecule has 0 saturated heterocycles. The first-order valence-electron chi connectivity index (χ1n) is 6.25. The van der Waals surface area contributed by atoms with E-state index in [1.165, 1.54) is 12.8 Å². The van der Waals surface area contributed by atoms with Gasteiger partial charge in [-0.15, -0.1) is 0 Å². The molecule has 0 spiro atoms. The van der Waals surface area contributed by atoms with E-state index >= 15 is 0 Å². The van der Waals surface area contributed by atoms with Gasteiger partial charge in [0.15, 0.2) is 0 Å². The van der Waals surface area contributed by atoms with E-state index in [1.54, 1.807) is 0 Å². The number of anilines is 1. The van der Waals surface area contributed by atoms with Crippen molar-refractivity contribution in [2.24, 2.45) is 5.73 Å². The molecule has 2 nitrogen and oxygen atoms in total. The Morgan fingerprint density at radius 3 is 2.47 bits per heavy atom. The molecule has 0 radical (unpaired) electrons. The van der Waals surface area contributed by atoms with E-state index in [1.807, 2.05) is 13.0 Å². The third-order valence-corrected chi connectivity index (χ3v) is 3.55. The van der Waals surface area contributed by atoms with Gasteiger partial charge in [-0.25, -0.2) is 0 Å². The van der Waals surface area contributed by atoms with Crippen LogP contribution in [0.25, 0.3) is 0 Å². The van der Waals surface area contributed by atoms with Gasteiger partial charge in [0, 0.05) is 19.1 Å². The summed E-state index contributed by atoms with van der Waals surface area (Å²) in [6.07, 6.45) is 2.35. The normalized spacial score (nSPS) is 14.5. The van der Waals surface area contributed by atoms with Gasteiger partial charge in [-0.2, -0.15) is 0 Å². The number of hydrogen-bond acceptors (Lipinski definition) is 2. The van der Waals surface area contributed by atoms with E-state index in [-0.39, 0.29) is 6.04 Å². The van der Waals surface area contributed by atoms with Crippen molar-refractivity contribution in [2.45, 2.75) is 45.7 Å². The predicted octanol–water partition coefficient (Wildman–Crippen LogP) is 3.98. The lowest BCUT2D eigenvalue weighted by Crippen LogP contribution is -2.28. The Morgan fingerprint density at radius 2 is 2.00 bits per heavy atom. The highest BCUT2D eigenvalue weighted by Gasteiger charge is 2.13. The molecule has 2 N–H and O–H groups in total. The Morgan fingerprint density at radius 1 is 1.35 bits per heavy atom. The summed E-state index contributed by atoms with van der Waals surface area (Å²) in [5.74, 6) is 0. The predicted molar refractivity (Wildman–Crippen MR) is 76.8 cm³/mol. The van der Waals surface area contributed by atoms with E-state index in [4.69, 9.17) is 17.3 Å². The highest BCUT2D eigenvalue weighted by Crippen LogP contribution is 2.29. The lowest BCUT2D eigenvalue weighted by atomic mass is 10.1. The Labute approximate surface area is 110 Å². The molecule has 0 saturated carbocycles. The molecule has 0 aliphatic carbocycles. The van der Waals surface area contributed by atoms with Gasteiger partial charge in [-0.3, -0.25) is 0 Å². The highest BCUT2D eigenvalue weighted by atomic mass is 35.5. The van der Waals surface area contributed by atoms with E-state index in [2.05, 4.69) is 37.9 Å². The SMILES string of the molecule is CCCC(C)N(C)c1ccc([C@@H](C)N)cc1Cl. The van der Waals surface area contributed by atoms with Gasteiger partial charge in [0.05, 0.1) is 10.7 Å². The molecule has 0 aromatic heterocycles. The van der Waals surface area contributed by atoms with Gasteiger partial charge in [0.2, 0.25) is 0 Å². The minimum Gasteiger partial charge on any atom is -0.371 e. The number of benzene rings is 1. The van der Waals surface area contributed by atoms with Crippen molar-refractivity contribution in [1.82, 2.24) is 0 Å². The molecule has 96 valence electrons. The molecule has 1 rings (SSSR count). The Balaban J connectivity index is 2.91. The molecular formula is C14H23ClN2. The molecule has 1 aromatic rings. The number of halogens is 1. The molecular weight excluding hydrogens is 232 g/mol. The van der Waals surface area contributed by atoms with Crippen LogP contribution in [0.3, 0.4) is 0 Å².